The van der Waals surface area contributed by atoms with Gasteiger partial charge in [0, 0.05) is 38.5 Å². The van der Waals surface area contributed by atoms with Gasteiger partial charge in [-0.1, -0.05) is 91.0 Å². The molecule has 0 aliphatic carbocycles. The van der Waals surface area contributed by atoms with E-state index in [2.05, 4.69) is 65.4 Å². The summed E-state index contributed by atoms with van der Waals surface area (Å²) in [4.78, 5) is 224. The van der Waals surface area contributed by atoms with E-state index in [0.29, 0.717) is 17.7 Å². The number of fused-ring (bicyclic) bond motifs is 2. The molecule has 0 saturated carbocycles. The second-order valence-corrected chi connectivity index (χ2v) is 31.7. The molecule has 21 N–H and O–H groups in total. The average molecular weight is 1680 g/mol. The van der Waals surface area contributed by atoms with Crippen LogP contribution in [0.15, 0.2) is 18.2 Å². The van der Waals surface area contributed by atoms with Gasteiger partial charge in [0.05, 0.1) is 67.0 Å². The minimum Gasteiger partial charge on any atom is -0.502 e. The number of aliphatic hydroxyl groups is 7. The van der Waals surface area contributed by atoms with Crippen LogP contribution in [0.5, 0.6) is 5.75 Å². The maximum Gasteiger partial charge on any atom is 0.407 e. The Bertz CT molecular complexity index is 3630. The molecule has 0 aromatic heterocycles. The second kappa shape index (κ2) is 48.2. The van der Waals surface area contributed by atoms with Crippen molar-refractivity contribution in [3.8, 4) is 5.75 Å². The Morgan fingerprint density at radius 3 is 1.69 bits per heavy atom. The van der Waals surface area contributed by atoms with Crippen LogP contribution in [0.2, 0.25) is 0 Å². The summed E-state index contributed by atoms with van der Waals surface area (Å²) < 4.78 is 11.3. The fraction of sp³-hybridized carbons (Fsp3) is 0.724. The number of phenols is 1. The number of benzene rings is 1. The molecule has 42 heteroatoms. The predicted octanol–water partition coefficient (Wildman–Crippen LogP) is -4.00. The number of carbonyl (C=O) groups is 15. The number of esters is 1. The Balaban J connectivity index is 1.87. The highest BCUT2D eigenvalue weighted by atomic mass is 16.6. The van der Waals surface area contributed by atoms with Crippen LogP contribution in [0, 0.1) is 16.0 Å². The zero-order chi connectivity index (χ0) is 88.7. The van der Waals surface area contributed by atoms with E-state index in [1.54, 1.807) is 20.8 Å². The van der Waals surface area contributed by atoms with Crippen molar-refractivity contribution in [2.24, 2.45) is 11.7 Å². The zero-order valence-corrected chi connectivity index (χ0v) is 68.8. The van der Waals surface area contributed by atoms with Gasteiger partial charge in [0.25, 0.3) is 0 Å². The minimum absolute atomic E-state index is 0.0174. The molecule has 3 fully saturated rings. The highest BCUT2D eigenvalue weighted by Gasteiger charge is 2.49. The second-order valence-electron chi connectivity index (χ2n) is 31.7. The molecule has 3 heterocycles. The number of alkyl carbamates (subject to hydrolysis) is 1. The summed E-state index contributed by atoms with van der Waals surface area (Å²) in [5.41, 5.74) is 3.54. The quantitative estimate of drug-likeness (QED) is 0.0173. The first-order valence-corrected chi connectivity index (χ1v) is 40.1. The Morgan fingerprint density at radius 2 is 1.14 bits per heavy atom. The van der Waals surface area contributed by atoms with E-state index < -0.39 is 277 Å². The lowest BCUT2D eigenvalue weighted by molar-refractivity contribution is -0.385. The van der Waals surface area contributed by atoms with Gasteiger partial charge in [-0.2, -0.15) is 0 Å². The lowest BCUT2D eigenvalue weighted by atomic mass is 9.99. The van der Waals surface area contributed by atoms with Crippen molar-refractivity contribution in [2.75, 3.05) is 26.2 Å². The molecule has 4 rings (SSSR count). The molecule has 19 atom stereocenters. The summed E-state index contributed by atoms with van der Waals surface area (Å²) in [6.07, 6.45) is -8.86. The number of primary amides is 1. The minimum atomic E-state index is -2.27. The topological polar surface area (TPSA) is 644 Å². The highest BCUT2D eigenvalue weighted by Crippen LogP contribution is 2.29. The lowest BCUT2D eigenvalue weighted by Gasteiger charge is -2.34. The number of amides is 14. The van der Waals surface area contributed by atoms with Gasteiger partial charge in [-0.25, -0.2) is 9.59 Å². The summed E-state index contributed by atoms with van der Waals surface area (Å²) in [6.45, 7) is 12.8. The molecule has 1 aromatic rings. The van der Waals surface area contributed by atoms with Gasteiger partial charge >= 0.3 is 17.7 Å². The molecule has 3 saturated heterocycles. The van der Waals surface area contributed by atoms with E-state index in [9.17, 15) is 123 Å². The molecule has 14 amide bonds. The molecule has 1 aromatic carbocycles. The number of nitrogens with two attached hydrogens (primary N) is 1. The predicted molar refractivity (Wildman–Crippen MR) is 417 cm³/mol. The number of nitrogens with zero attached hydrogens (tertiary/aromatic N) is 3. The number of cyclic esters (lactones) is 1. The molecule has 0 unspecified atom stereocenters. The number of phenolic OH excluding ortho intramolecular Hbond substituents is 1. The van der Waals surface area contributed by atoms with Crippen LogP contribution in [-0.2, 0) is 83.0 Å². The fourth-order valence-corrected chi connectivity index (χ4v) is 13.5. The third kappa shape index (κ3) is 32.4. The third-order valence-corrected chi connectivity index (χ3v) is 19.9. The number of nitro groups is 1. The van der Waals surface area contributed by atoms with Gasteiger partial charge < -0.3 is 124 Å². The van der Waals surface area contributed by atoms with Crippen molar-refractivity contribution in [3.05, 3.63) is 33.9 Å². The molecular formula is C76H123N15O27. The summed E-state index contributed by atoms with van der Waals surface area (Å²) >= 11 is 0. The van der Waals surface area contributed by atoms with Crippen molar-refractivity contribution in [1.82, 2.24) is 68.3 Å². The van der Waals surface area contributed by atoms with Gasteiger partial charge in [0.15, 0.2) is 5.75 Å². The van der Waals surface area contributed by atoms with E-state index >= 15 is 0 Å². The van der Waals surface area contributed by atoms with Crippen molar-refractivity contribution in [3.63, 3.8) is 0 Å². The largest absolute Gasteiger partial charge is 0.502 e. The van der Waals surface area contributed by atoms with Crippen LogP contribution < -0.4 is 64.2 Å². The van der Waals surface area contributed by atoms with Crippen LogP contribution in [0.3, 0.4) is 0 Å². The highest BCUT2D eigenvalue weighted by molar-refractivity contribution is 6.00. The number of aromatic hydroxyl groups is 1. The number of hydrogen-bond acceptors (Lipinski definition) is 27. The number of ether oxygens (including phenoxy) is 2. The summed E-state index contributed by atoms with van der Waals surface area (Å²) in [7, 11) is 0. The number of carbonyl (C=O) groups excluding carboxylic acids is 15. The number of rotatable bonds is 27. The van der Waals surface area contributed by atoms with Crippen molar-refractivity contribution < 1.29 is 127 Å². The smallest absolute Gasteiger partial charge is 0.407 e. The Hall–Kier alpha value is -10.0. The molecular weight excluding hydrogens is 1550 g/mol. The van der Waals surface area contributed by atoms with E-state index in [-0.39, 0.29) is 37.8 Å². The monoisotopic (exact) mass is 1680 g/mol. The number of unbranched alkanes of at least 4 members (excludes halogenated alkanes) is 10. The lowest BCUT2D eigenvalue weighted by Crippen LogP contribution is -2.64. The average Bonchev–Trinajstić information content (AvgIpc) is 1.63. The molecule has 0 bridgehead atoms. The Morgan fingerprint density at radius 1 is 0.619 bits per heavy atom. The first-order valence-electron chi connectivity index (χ1n) is 40.1. The van der Waals surface area contributed by atoms with Crippen LogP contribution >= 0.6 is 0 Å². The van der Waals surface area contributed by atoms with Gasteiger partial charge in [-0.15, -0.1) is 0 Å². The number of aliphatic hydroxyl groups excluding tert-OH is 7. The summed E-state index contributed by atoms with van der Waals surface area (Å²) in [6, 6.07) is -18.0. The Labute approximate surface area is 684 Å². The van der Waals surface area contributed by atoms with Gasteiger partial charge in [-0.05, 0) is 105 Å². The standard InChI is InChI=1S/C76H123N15O27/c1-12-13-14-15-16-17-18-19-20-21-22-24-46-34-55(101)83-58(40(5)92)68(107)80-39(4)64(103)82-48(31-44-26-27-51(97)49(32-44)91(115)116)65(104)85-57(38(2)3)72(111)90-37-45(96)33-50(90)66(105)86-60(42(7)94)70(109)87-61(43(8)95)73(112)89-30-28-52(98)63(89)71(110)88-62(53(99)35-54(77)100)67(106)79-36-56(102)84-59(41(6)93)69(108)81-47(74(113)117-46)25-23-29-78-75(114)118-76(9,10)11/h26-27,32,38-43,45-48,50,52-53,57-63,92-99H,12-25,28-31,33-37H2,1-11H3,(H2,77,100)(H,78,114)(H,79,106)(H,80,107)(H,81,108)(H,82,103)(H,83,101)(H,84,102)(H,85,104)(H,86,105)(H,87,109)(H,88,110)/t39-,40-,41-,42-,43-,45-,46-,47+,48+,50+,52+,53-,57+,58-,59-,60-,61+,62+,63+/m1/s1. The molecule has 42 nitrogen and oxygen atoms in total. The van der Waals surface area contributed by atoms with E-state index in [4.69, 9.17) is 15.2 Å². The van der Waals surface area contributed by atoms with Crippen molar-refractivity contribution in [2.45, 2.75) is 319 Å². The SMILES string of the molecule is CCCCCCCCCCCCC[C@@H]1CC(=O)N[C@H]([C@@H](C)O)C(=O)N[C@H](C)C(=O)N[C@@H](Cc2ccc(O)c([N+](=O)[O-])c2)C(=O)N[C@@H](C(C)C)C(=O)N2C[C@H](O)C[C@H]2C(=O)N[C@H]([C@@H](C)O)C(=O)N[C@@H]([C@@H](C)O)C(=O)N2CC[C@H](O)[C@H]2C(=O)N[C@@H]([C@H](O)CC(N)=O)C(=O)NCC(=O)N[C@H]([C@@H](C)O)C(=O)N[C@@H](CCCNC(=O)OC(C)(C)C)C(=O)O1. The molecule has 664 valence electrons. The van der Waals surface area contributed by atoms with E-state index in [1.807, 2.05) is 0 Å². The first kappa shape index (κ1) is 100. The number of nitro benzene ring substituents is 1. The van der Waals surface area contributed by atoms with Gasteiger partial charge in [-0.3, -0.25) is 72.4 Å². The zero-order valence-electron chi connectivity index (χ0n) is 68.8. The molecule has 0 spiro atoms. The fourth-order valence-electron chi connectivity index (χ4n) is 13.5. The molecule has 0 radical (unpaired) electrons. The third-order valence-electron chi connectivity index (χ3n) is 19.9. The number of hydrogen-bond donors (Lipinski definition) is 20. The normalized spacial score (nSPS) is 26.8. The summed E-state index contributed by atoms with van der Waals surface area (Å²) in [5.74, 6) is -19.0. The van der Waals surface area contributed by atoms with Crippen LogP contribution in [0.1, 0.15) is 197 Å². The van der Waals surface area contributed by atoms with Crippen molar-refractivity contribution in [1.29, 1.82) is 0 Å². The van der Waals surface area contributed by atoms with E-state index in [0.717, 1.165) is 109 Å². The van der Waals surface area contributed by atoms with Gasteiger partial charge in [0.1, 0.15) is 78.2 Å². The van der Waals surface area contributed by atoms with Crippen molar-refractivity contribution >= 4 is 94.5 Å². The van der Waals surface area contributed by atoms with E-state index in [1.165, 1.54) is 19.9 Å². The van der Waals surface area contributed by atoms with Crippen LogP contribution in [0.25, 0.3) is 0 Å². The Kier molecular flexibility index (Phi) is 40.9. The molecule has 3 aliphatic rings. The van der Waals surface area contributed by atoms with Gasteiger partial charge in [0.2, 0.25) is 76.8 Å². The number of nitrogens with one attached hydrogen (secondary N) is 11. The summed E-state index contributed by atoms with van der Waals surface area (Å²) in [5, 5.41) is 126. The first-order chi connectivity index (χ1) is 55.3. The molecule has 3 aliphatic heterocycles. The maximum atomic E-state index is 14.8. The molecule has 118 heavy (non-hydrogen) atoms. The van der Waals surface area contributed by atoms with Crippen LogP contribution in [0.4, 0.5) is 10.5 Å². The maximum absolute atomic E-state index is 14.8. The van der Waals surface area contributed by atoms with Crippen LogP contribution in [-0.4, -0.2) is 292 Å².